The molecule has 2 nitrogen and oxygen atoms in total. The SMILES string of the molecule is CCCCN(CCCC)c1cccc(F)c1CNC(C)C. The summed E-state index contributed by atoms with van der Waals surface area (Å²) in [5.74, 6) is -0.0985. The Hall–Kier alpha value is -1.09. The van der Waals surface area contributed by atoms with E-state index >= 15 is 0 Å². The van der Waals surface area contributed by atoms with E-state index in [9.17, 15) is 4.39 Å². The van der Waals surface area contributed by atoms with Crippen LogP contribution in [-0.4, -0.2) is 19.1 Å². The lowest BCUT2D eigenvalue weighted by atomic mass is 10.1. The highest BCUT2D eigenvalue weighted by molar-refractivity contribution is 5.54. The van der Waals surface area contributed by atoms with Crippen molar-refractivity contribution >= 4 is 5.69 Å². The first-order chi connectivity index (χ1) is 10.1. The summed E-state index contributed by atoms with van der Waals surface area (Å²) >= 11 is 0. The molecule has 1 N–H and O–H groups in total. The fourth-order valence-corrected chi connectivity index (χ4v) is 2.38. The maximum absolute atomic E-state index is 14.2. The normalized spacial score (nSPS) is 11.1. The maximum Gasteiger partial charge on any atom is 0.129 e. The highest BCUT2D eigenvalue weighted by Crippen LogP contribution is 2.24. The molecular formula is C18H31FN2. The van der Waals surface area contributed by atoms with Crippen LogP contribution in [-0.2, 0) is 6.54 Å². The lowest BCUT2D eigenvalue weighted by Gasteiger charge is -2.28. The van der Waals surface area contributed by atoms with Crippen molar-refractivity contribution in [3.8, 4) is 0 Å². The van der Waals surface area contributed by atoms with Crippen LogP contribution in [0.25, 0.3) is 0 Å². The van der Waals surface area contributed by atoms with Crippen molar-refractivity contribution in [2.45, 2.75) is 66.0 Å². The third-order valence-electron chi connectivity index (χ3n) is 3.69. The van der Waals surface area contributed by atoms with Gasteiger partial charge in [0, 0.05) is 36.9 Å². The van der Waals surface area contributed by atoms with Gasteiger partial charge in [-0.3, -0.25) is 0 Å². The van der Waals surface area contributed by atoms with Gasteiger partial charge in [0.2, 0.25) is 0 Å². The molecule has 1 rings (SSSR count). The Balaban J connectivity index is 2.95. The number of halogens is 1. The molecule has 0 unspecified atom stereocenters. The van der Waals surface area contributed by atoms with Crippen molar-refractivity contribution in [2.75, 3.05) is 18.0 Å². The molecule has 0 spiro atoms. The van der Waals surface area contributed by atoms with E-state index in [-0.39, 0.29) is 5.82 Å². The molecule has 0 heterocycles. The zero-order valence-corrected chi connectivity index (χ0v) is 14.1. The van der Waals surface area contributed by atoms with Crippen LogP contribution >= 0.6 is 0 Å². The number of benzene rings is 1. The van der Waals surface area contributed by atoms with Gasteiger partial charge in [-0.1, -0.05) is 46.6 Å². The zero-order valence-electron chi connectivity index (χ0n) is 14.1. The Labute approximate surface area is 129 Å². The van der Waals surface area contributed by atoms with Gasteiger partial charge in [0.05, 0.1) is 0 Å². The largest absolute Gasteiger partial charge is 0.371 e. The molecule has 0 radical (unpaired) electrons. The summed E-state index contributed by atoms with van der Waals surface area (Å²) in [6.07, 6.45) is 4.63. The molecule has 0 atom stereocenters. The summed E-state index contributed by atoms with van der Waals surface area (Å²) in [7, 11) is 0. The first-order valence-corrected chi connectivity index (χ1v) is 8.35. The number of hydrogen-bond acceptors (Lipinski definition) is 2. The Kier molecular flexibility index (Phi) is 8.36. The molecule has 0 bridgehead atoms. The van der Waals surface area contributed by atoms with Crippen LogP contribution in [0.5, 0.6) is 0 Å². The third kappa shape index (κ3) is 6.04. The molecule has 0 saturated heterocycles. The molecular weight excluding hydrogens is 263 g/mol. The summed E-state index contributed by atoms with van der Waals surface area (Å²) in [6.45, 7) is 11.2. The highest BCUT2D eigenvalue weighted by atomic mass is 19.1. The minimum Gasteiger partial charge on any atom is -0.371 e. The minimum absolute atomic E-state index is 0.0985. The van der Waals surface area contributed by atoms with Gasteiger partial charge in [0.1, 0.15) is 5.82 Å². The standard InChI is InChI=1S/C18H31FN2/c1-5-7-12-21(13-8-6-2)18-11-9-10-17(19)16(18)14-20-15(3)4/h9-11,15,20H,5-8,12-14H2,1-4H3. The minimum atomic E-state index is -0.0985. The van der Waals surface area contributed by atoms with E-state index in [2.05, 4.69) is 44.0 Å². The predicted octanol–water partition coefficient (Wildman–Crippen LogP) is 4.73. The van der Waals surface area contributed by atoms with Crippen LogP contribution < -0.4 is 10.2 Å². The molecule has 0 aliphatic rings. The summed E-state index contributed by atoms with van der Waals surface area (Å²) < 4.78 is 14.2. The van der Waals surface area contributed by atoms with Gasteiger partial charge in [-0.2, -0.15) is 0 Å². The van der Waals surface area contributed by atoms with Crippen LogP contribution in [0.2, 0.25) is 0 Å². The van der Waals surface area contributed by atoms with Crippen molar-refractivity contribution in [2.24, 2.45) is 0 Å². The number of rotatable bonds is 10. The molecule has 1 aromatic carbocycles. The van der Waals surface area contributed by atoms with Crippen molar-refractivity contribution in [1.29, 1.82) is 0 Å². The summed E-state index contributed by atoms with van der Waals surface area (Å²) in [6, 6.07) is 5.82. The average Bonchev–Trinajstić information content (AvgIpc) is 2.46. The Morgan fingerprint density at radius 1 is 1.10 bits per heavy atom. The summed E-state index contributed by atoms with van der Waals surface area (Å²) in [4.78, 5) is 2.35. The van der Waals surface area contributed by atoms with Gasteiger partial charge < -0.3 is 10.2 Å². The van der Waals surface area contributed by atoms with Crippen molar-refractivity contribution in [3.63, 3.8) is 0 Å². The number of anilines is 1. The predicted molar refractivity (Wildman–Crippen MR) is 90.4 cm³/mol. The van der Waals surface area contributed by atoms with Gasteiger partial charge >= 0.3 is 0 Å². The first kappa shape index (κ1) is 18.0. The molecule has 0 aliphatic heterocycles. The lowest BCUT2D eigenvalue weighted by molar-refractivity contribution is 0.550. The van der Waals surface area contributed by atoms with E-state index in [1.807, 2.05) is 6.07 Å². The second-order valence-corrected chi connectivity index (χ2v) is 5.97. The van der Waals surface area contributed by atoms with Gasteiger partial charge in [-0.25, -0.2) is 4.39 Å². The van der Waals surface area contributed by atoms with Gasteiger partial charge in [0.15, 0.2) is 0 Å². The quantitative estimate of drug-likeness (QED) is 0.671. The molecule has 120 valence electrons. The van der Waals surface area contributed by atoms with E-state index < -0.39 is 0 Å². The smallest absolute Gasteiger partial charge is 0.129 e. The summed E-state index contributed by atoms with van der Waals surface area (Å²) in [5.41, 5.74) is 1.86. The van der Waals surface area contributed by atoms with Crippen molar-refractivity contribution in [1.82, 2.24) is 5.32 Å². The fourth-order valence-electron chi connectivity index (χ4n) is 2.38. The van der Waals surface area contributed by atoms with E-state index in [4.69, 9.17) is 0 Å². The van der Waals surface area contributed by atoms with Crippen LogP contribution in [0.3, 0.4) is 0 Å². The second-order valence-electron chi connectivity index (χ2n) is 5.97. The van der Waals surface area contributed by atoms with E-state index in [0.29, 0.717) is 12.6 Å². The molecule has 0 amide bonds. The average molecular weight is 294 g/mol. The lowest BCUT2D eigenvalue weighted by Crippen LogP contribution is -2.29. The second kappa shape index (κ2) is 9.78. The molecule has 0 aromatic heterocycles. The molecule has 0 saturated carbocycles. The topological polar surface area (TPSA) is 15.3 Å². The number of hydrogen-bond donors (Lipinski definition) is 1. The van der Waals surface area contributed by atoms with Crippen LogP contribution in [0.15, 0.2) is 18.2 Å². The van der Waals surface area contributed by atoms with Crippen LogP contribution in [0.1, 0.15) is 58.9 Å². The van der Waals surface area contributed by atoms with E-state index in [1.165, 1.54) is 0 Å². The van der Waals surface area contributed by atoms with Crippen molar-refractivity contribution in [3.05, 3.63) is 29.6 Å². The summed E-state index contributed by atoms with van der Waals surface area (Å²) in [5, 5.41) is 3.34. The number of nitrogens with one attached hydrogen (secondary N) is 1. The molecule has 0 fully saturated rings. The van der Waals surface area contributed by atoms with Gasteiger partial charge in [-0.15, -0.1) is 0 Å². The highest BCUT2D eigenvalue weighted by Gasteiger charge is 2.14. The maximum atomic E-state index is 14.2. The first-order valence-electron chi connectivity index (χ1n) is 8.35. The third-order valence-corrected chi connectivity index (χ3v) is 3.69. The van der Waals surface area contributed by atoms with E-state index in [1.54, 1.807) is 6.07 Å². The molecule has 21 heavy (non-hydrogen) atoms. The molecule has 1 aromatic rings. The monoisotopic (exact) mass is 294 g/mol. The zero-order chi connectivity index (χ0) is 15.7. The van der Waals surface area contributed by atoms with E-state index in [0.717, 1.165) is 50.0 Å². The Morgan fingerprint density at radius 2 is 1.71 bits per heavy atom. The Morgan fingerprint density at radius 3 is 2.24 bits per heavy atom. The van der Waals surface area contributed by atoms with Crippen molar-refractivity contribution < 1.29 is 4.39 Å². The van der Waals surface area contributed by atoms with Gasteiger partial charge in [-0.05, 0) is 25.0 Å². The van der Waals surface area contributed by atoms with Crippen LogP contribution in [0, 0.1) is 5.82 Å². The fraction of sp³-hybridized carbons (Fsp3) is 0.667. The number of nitrogens with zero attached hydrogens (tertiary/aromatic N) is 1. The molecule has 0 aliphatic carbocycles. The van der Waals surface area contributed by atoms with Crippen LogP contribution in [0.4, 0.5) is 10.1 Å². The molecule has 3 heteroatoms. The van der Waals surface area contributed by atoms with Gasteiger partial charge in [0.25, 0.3) is 0 Å². The number of unbranched alkanes of at least 4 members (excludes halogenated alkanes) is 2. The Bertz CT molecular complexity index is 396.